The molecule has 0 fully saturated rings. The molecular formula is C19H18N2O2. The minimum Gasteiger partial charge on any atom is -0.497 e. The summed E-state index contributed by atoms with van der Waals surface area (Å²) >= 11 is 0. The molecule has 0 unspecified atom stereocenters. The molecule has 0 spiro atoms. The first-order chi connectivity index (χ1) is 11.2. The van der Waals surface area contributed by atoms with Crippen molar-refractivity contribution < 1.29 is 9.53 Å². The van der Waals surface area contributed by atoms with Crippen molar-refractivity contribution in [3.05, 3.63) is 71.9 Å². The highest BCUT2D eigenvalue weighted by molar-refractivity contribution is 5.80. The maximum Gasteiger partial charge on any atom is 0.224 e. The van der Waals surface area contributed by atoms with Gasteiger partial charge in [-0.2, -0.15) is 0 Å². The van der Waals surface area contributed by atoms with E-state index in [-0.39, 0.29) is 5.91 Å². The number of rotatable bonds is 5. The maximum atomic E-state index is 12.1. The number of pyridine rings is 1. The first kappa shape index (κ1) is 15.0. The summed E-state index contributed by atoms with van der Waals surface area (Å²) in [5.41, 5.74) is 2.88. The predicted octanol–water partition coefficient (Wildman–Crippen LogP) is 3.10. The van der Waals surface area contributed by atoms with Crippen molar-refractivity contribution in [2.24, 2.45) is 0 Å². The molecule has 0 aliphatic heterocycles. The van der Waals surface area contributed by atoms with Gasteiger partial charge in [0.25, 0.3) is 0 Å². The Morgan fingerprint density at radius 3 is 2.83 bits per heavy atom. The van der Waals surface area contributed by atoms with E-state index in [2.05, 4.69) is 10.3 Å². The Bertz CT molecular complexity index is 830. The van der Waals surface area contributed by atoms with Gasteiger partial charge in [-0.3, -0.25) is 9.78 Å². The molecule has 1 N–H and O–H groups in total. The van der Waals surface area contributed by atoms with E-state index in [0.29, 0.717) is 13.0 Å². The van der Waals surface area contributed by atoms with E-state index in [9.17, 15) is 4.79 Å². The molecule has 0 saturated carbocycles. The van der Waals surface area contributed by atoms with E-state index >= 15 is 0 Å². The Labute approximate surface area is 135 Å². The van der Waals surface area contributed by atoms with E-state index in [0.717, 1.165) is 27.8 Å². The van der Waals surface area contributed by atoms with Crippen molar-refractivity contribution in [3.8, 4) is 5.75 Å². The number of para-hydroxylation sites is 1. The summed E-state index contributed by atoms with van der Waals surface area (Å²) in [5, 5.41) is 4.01. The van der Waals surface area contributed by atoms with Gasteiger partial charge in [0.15, 0.2) is 0 Å². The number of nitrogens with one attached hydrogen (secondary N) is 1. The van der Waals surface area contributed by atoms with Crippen LogP contribution >= 0.6 is 0 Å². The zero-order valence-electron chi connectivity index (χ0n) is 13.0. The zero-order valence-corrected chi connectivity index (χ0v) is 13.0. The normalized spacial score (nSPS) is 10.5. The van der Waals surface area contributed by atoms with Crippen molar-refractivity contribution >= 4 is 16.8 Å². The SMILES string of the molecule is COc1cccc(CC(=O)NCc2cnc3ccccc3c2)c1. The van der Waals surface area contributed by atoms with Gasteiger partial charge >= 0.3 is 0 Å². The van der Waals surface area contributed by atoms with Crippen LogP contribution in [0.3, 0.4) is 0 Å². The lowest BCUT2D eigenvalue weighted by Crippen LogP contribution is -2.24. The maximum absolute atomic E-state index is 12.1. The van der Waals surface area contributed by atoms with Crippen molar-refractivity contribution in [3.63, 3.8) is 0 Å². The Morgan fingerprint density at radius 1 is 1.09 bits per heavy atom. The Morgan fingerprint density at radius 2 is 1.96 bits per heavy atom. The third kappa shape index (κ3) is 3.86. The molecule has 1 amide bonds. The summed E-state index contributed by atoms with van der Waals surface area (Å²) in [6.07, 6.45) is 2.13. The van der Waals surface area contributed by atoms with Gasteiger partial charge in [0.2, 0.25) is 5.91 Å². The van der Waals surface area contributed by atoms with Gasteiger partial charge in [0, 0.05) is 18.1 Å². The first-order valence-corrected chi connectivity index (χ1v) is 7.48. The molecule has 3 aromatic rings. The fourth-order valence-electron chi connectivity index (χ4n) is 2.44. The highest BCUT2D eigenvalue weighted by atomic mass is 16.5. The van der Waals surface area contributed by atoms with Crippen LogP contribution in [-0.4, -0.2) is 18.0 Å². The van der Waals surface area contributed by atoms with Crippen LogP contribution in [0.15, 0.2) is 60.8 Å². The fourth-order valence-corrected chi connectivity index (χ4v) is 2.44. The molecule has 116 valence electrons. The van der Waals surface area contributed by atoms with Crippen LogP contribution in [0.5, 0.6) is 5.75 Å². The molecule has 4 nitrogen and oxygen atoms in total. The van der Waals surface area contributed by atoms with E-state index in [1.54, 1.807) is 13.3 Å². The summed E-state index contributed by atoms with van der Waals surface area (Å²) in [5.74, 6) is 0.737. The fraction of sp³-hybridized carbons (Fsp3) is 0.158. The molecule has 3 rings (SSSR count). The smallest absolute Gasteiger partial charge is 0.224 e. The van der Waals surface area contributed by atoms with Gasteiger partial charge in [-0.05, 0) is 35.4 Å². The number of amides is 1. The third-order valence-corrected chi connectivity index (χ3v) is 3.64. The lowest BCUT2D eigenvalue weighted by molar-refractivity contribution is -0.120. The van der Waals surface area contributed by atoms with Crippen LogP contribution in [0.2, 0.25) is 0 Å². The number of hydrogen-bond acceptors (Lipinski definition) is 3. The van der Waals surface area contributed by atoms with Crippen LogP contribution in [-0.2, 0) is 17.8 Å². The monoisotopic (exact) mass is 306 g/mol. The topological polar surface area (TPSA) is 51.2 Å². The summed E-state index contributed by atoms with van der Waals surface area (Å²) in [7, 11) is 1.62. The molecule has 0 saturated heterocycles. The molecule has 0 radical (unpaired) electrons. The summed E-state index contributed by atoms with van der Waals surface area (Å²) in [6.45, 7) is 0.473. The molecule has 2 aromatic carbocycles. The summed E-state index contributed by atoms with van der Waals surface area (Å²) < 4.78 is 5.17. The van der Waals surface area contributed by atoms with Crippen molar-refractivity contribution in [1.82, 2.24) is 10.3 Å². The molecule has 23 heavy (non-hydrogen) atoms. The number of ether oxygens (including phenoxy) is 1. The Kier molecular flexibility index (Phi) is 4.52. The number of nitrogens with zero attached hydrogens (tertiary/aromatic N) is 1. The number of hydrogen-bond donors (Lipinski definition) is 1. The van der Waals surface area contributed by atoms with Gasteiger partial charge in [0.1, 0.15) is 5.75 Å². The van der Waals surface area contributed by atoms with E-state index < -0.39 is 0 Å². The quantitative estimate of drug-likeness (QED) is 0.788. The number of carbonyl (C=O) groups is 1. The number of benzene rings is 2. The Balaban J connectivity index is 1.61. The standard InChI is InChI=1S/C19H18N2O2/c1-23-17-7-4-5-14(10-17)11-19(22)21-13-15-9-16-6-2-3-8-18(16)20-12-15/h2-10,12H,11,13H2,1H3,(H,21,22). The van der Waals surface area contributed by atoms with Crippen molar-refractivity contribution in [2.45, 2.75) is 13.0 Å². The summed E-state index contributed by atoms with van der Waals surface area (Å²) in [4.78, 5) is 16.5. The molecule has 4 heteroatoms. The van der Waals surface area contributed by atoms with Gasteiger partial charge < -0.3 is 10.1 Å². The van der Waals surface area contributed by atoms with Gasteiger partial charge in [-0.25, -0.2) is 0 Å². The largest absolute Gasteiger partial charge is 0.497 e. The molecule has 1 heterocycles. The minimum absolute atomic E-state index is 0.0218. The number of carbonyl (C=O) groups excluding carboxylic acids is 1. The number of methoxy groups -OCH3 is 1. The van der Waals surface area contributed by atoms with Crippen LogP contribution in [0.4, 0.5) is 0 Å². The molecule has 0 bridgehead atoms. The highest BCUT2D eigenvalue weighted by Gasteiger charge is 2.05. The number of aromatic nitrogens is 1. The molecule has 0 atom stereocenters. The second kappa shape index (κ2) is 6.92. The third-order valence-electron chi connectivity index (χ3n) is 3.64. The number of fused-ring (bicyclic) bond motifs is 1. The zero-order chi connectivity index (χ0) is 16.1. The van der Waals surface area contributed by atoms with Crippen LogP contribution in [0.1, 0.15) is 11.1 Å². The predicted molar refractivity (Wildman–Crippen MR) is 90.3 cm³/mol. The highest BCUT2D eigenvalue weighted by Crippen LogP contribution is 2.14. The van der Waals surface area contributed by atoms with E-state index in [4.69, 9.17) is 4.74 Å². The van der Waals surface area contributed by atoms with Crippen LogP contribution in [0.25, 0.3) is 10.9 Å². The summed E-state index contributed by atoms with van der Waals surface area (Å²) in [6, 6.07) is 17.5. The molecule has 0 aliphatic rings. The van der Waals surface area contributed by atoms with Gasteiger partial charge in [-0.1, -0.05) is 30.3 Å². The average molecular weight is 306 g/mol. The van der Waals surface area contributed by atoms with E-state index in [1.165, 1.54) is 0 Å². The van der Waals surface area contributed by atoms with Crippen LogP contribution in [0, 0.1) is 0 Å². The second-order valence-electron chi connectivity index (χ2n) is 5.34. The van der Waals surface area contributed by atoms with E-state index in [1.807, 2.05) is 54.6 Å². The lowest BCUT2D eigenvalue weighted by atomic mass is 10.1. The molecule has 1 aromatic heterocycles. The van der Waals surface area contributed by atoms with Crippen LogP contribution < -0.4 is 10.1 Å². The van der Waals surface area contributed by atoms with Crippen molar-refractivity contribution in [2.75, 3.05) is 7.11 Å². The van der Waals surface area contributed by atoms with Gasteiger partial charge in [-0.15, -0.1) is 0 Å². The molecule has 0 aliphatic carbocycles. The van der Waals surface area contributed by atoms with Gasteiger partial charge in [0.05, 0.1) is 19.0 Å². The lowest BCUT2D eigenvalue weighted by Gasteiger charge is -2.07. The Hall–Kier alpha value is -2.88. The molecular weight excluding hydrogens is 288 g/mol. The average Bonchev–Trinajstić information content (AvgIpc) is 2.60. The van der Waals surface area contributed by atoms with Crippen molar-refractivity contribution in [1.29, 1.82) is 0 Å². The first-order valence-electron chi connectivity index (χ1n) is 7.48. The minimum atomic E-state index is -0.0218. The second-order valence-corrected chi connectivity index (χ2v) is 5.34.